The van der Waals surface area contributed by atoms with Crippen LogP contribution in [-0.4, -0.2) is 21.6 Å². The van der Waals surface area contributed by atoms with Gasteiger partial charge in [0, 0.05) is 29.3 Å². The van der Waals surface area contributed by atoms with E-state index in [1.807, 2.05) is 24.4 Å². The van der Waals surface area contributed by atoms with Gasteiger partial charge < -0.3 is 15.0 Å². The number of anilines is 1. The Morgan fingerprint density at radius 2 is 2.10 bits per heavy atom. The fourth-order valence-corrected chi connectivity index (χ4v) is 2.08. The summed E-state index contributed by atoms with van der Waals surface area (Å²) in [4.78, 5) is 22.5. The minimum absolute atomic E-state index is 0.509. The van der Waals surface area contributed by atoms with Crippen LogP contribution in [0.5, 0.6) is 0 Å². The van der Waals surface area contributed by atoms with Gasteiger partial charge in [0.15, 0.2) is 0 Å². The molecule has 2 N–H and O–H groups in total. The molecule has 0 bridgehead atoms. The summed E-state index contributed by atoms with van der Waals surface area (Å²) in [6.45, 7) is 4.44. The average molecular weight is 274 g/mol. The van der Waals surface area contributed by atoms with Crippen LogP contribution in [0, 0.1) is 5.92 Å². The van der Waals surface area contributed by atoms with Crippen molar-refractivity contribution < 1.29 is 14.7 Å². The fraction of sp³-hybridized carbons (Fsp3) is 0.333. The van der Waals surface area contributed by atoms with E-state index in [0.29, 0.717) is 5.69 Å². The van der Waals surface area contributed by atoms with Crippen molar-refractivity contribution >= 4 is 28.5 Å². The number of carboxylic acid groups (broad SMARTS) is 1. The van der Waals surface area contributed by atoms with Crippen molar-refractivity contribution in [2.24, 2.45) is 5.92 Å². The van der Waals surface area contributed by atoms with Gasteiger partial charge in [0.25, 0.3) is 0 Å². The number of aryl methyl sites for hydroxylation is 1. The van der Waals surface area contributed by atoms with Crippen LogP contribution in [0.3, 0.4) is 0 Å². The van der Waals surface area contributed by atoms with Crippen LogP contribution in [0.2, 0.25) is 0 Å². The van der Waals surface area contributed by atoms with Gasteiger partial charge in [0.2, 0.25) is 5.91 Å². The predicted octanol–water partition coefficient (Wildman–Crippen LogP) is 2.71. The number of rotatable bonds is 5. The molecule has 20 heavy (non-hydrogen) atoms. The number of nitrogens with one attached hydrogen (secondary N) is 1. The number of hydrogen-bond acceptors (Lipinski definition) is 2. The molecule has 0 aliphatic carbocycles. The zero-order chi connectivity index (χ0) is 14.7. The number of carboxylic acids is 1. The van der Waals surface area contributed by atoms with Gasteiger partial charge in [-0.3, -0.25) is 9.59 Å². The lowest BCUT2D eigenvalue weighted by molar-refractivity contribution is -0.144. The Balaban J connectivity index is 2.20. The van der Waals surface area contributed by atoms with E-state index in [1.165, 1.54) is 6.92 Å². The lowest BCUT2D eigenvalue weighted by Crippen LogP contribution is -2.26. The van der Waals surface area contributed by atoms with E-state index in [9.17, 15) is 9.59 Å². The van der Waals surface area contributed by atoms with Gasteiger partial charge in [0.05, 0.1) is 0 Å². The summed E-state index contributed by atoms with van der Waals surface area (Å²) in [5, 5.41) is 12.5. The average Bonchev–Trinajstić information content (AvgIpc) is 2.81. The molecule has 1 aromatic heterocycles. The largest absolute Gasteiger partial charge is 0.481 e. The Hall–Kier alpha value is -2.30. The summed E-state index contributed by atoms with van der Waals surface area (Å²) in [5.41, 5.74) is 1.72. The second kappa shape index (κ2) is 5.77. The van der Waals surface area contributed by atoms with Crippen LogP contribution in [0.1, 0.15) is 20.3 Å². The number of fused-ring (bicyclic) bond motifs is 1. The van der Waals surface area contributed by atoms with E-state index >= 15 is 0 Å². The first-order chi connectivity index (χ1) is 9.52. The molecule has 0 spiro atoms. The number of carbonyl (C=O) groups excluding carboxylic acids is 1. The van der Waals surface area contributed by atoms with E-state index in [1.54, 1.807) is 6.07 Å². The Bertz CT molecular complexity index is 646. The minimum atomic E-state index is -1.13. The van der Waals surface area contributed by atoms with Gasteiger partial charge in [-0.15, -0.1) is 0 Å². The van der Waals surface area contributed by atoms with E-state index in [4.69, 9.17) is 5.11 Å². The van der Waals surface area contributed by atoms with Gasteiger partial charge in [-0.25, -0.2) is 0 Å². The molecule has 2 aromatic rings. The summed E-state index contributed by atoms with van der Waals surface area (Å²) in [6.07, 6.45) is 3.07. The molecule has 1 atom stereocenters. The third kappa shape index (κ3) is 2.82. The Labute approximate surface area is 117 Å². The minimum Gasteiger partial charge on any atom is -0.481 e. The molecule has 0 fully saturated rings. The van der Waals surface area contributed by atoms with E-state index < -0.39 is 17.8 Å². The monoisotopic (exact) mass is 274 g/mol. The molecule has 1 heterocycles. The highest BCUT2D eigenvalue weighted by atomic mass is 16.4. The van der Waals surface area contributed by atoms with Crippen molar-refractivity contribution in [3.05, 3.63) is 30.5 Å². The Morgan fingerprint density at radius 3 is 2.75 bits per heavy atom. The number of nitrogens with zero attached hydrogens (tertiary/aromatic N) is 1. The Morgan fingerprint density at radius 1 is 1.35 bits per heavy atom. The molecule has 0 radical (unpaired) electrons. The highest BCUT2D eigenvalue weighted by Gasteiger charge is 2.20. The van der Waals surface area contributed by atoms with Gasteiger partial charge in [-0.1, -0.05) is 6.92 Å². The molecule has 0 aliphatic rings. The summed E-state index contributed by atoms with van der Waals surface area (Å²) in [5.74, 6) is -2.70. The number of carbonyl (C=O) groups is 2. The Kier molecular flexibility index (Phi) is 4.08. The predicted molar refractivity (Wildman–Crippen MR) is 77.7 cm³/mol. The van der Waals surface area contributed by atoms with E-state index in [-0.39, 0.29) is 0 Å². The molecule has 2 rings (SSSR count). The van der Waals surface area contributed by atoms with Crippen molar-refractivity contribution in [3.8, 4) is 0 Å². The highest BCUT2D eigenvalue weighted by Crippen LogP contribution is 2.21. The molecule has 0 saturated carbocycles. The summed E-state index contributed by atoms with van der Waals surface area (Å²) in [7, 11) is 0. The molecule has 5 nitrogen and oxygen atoms in total. The van der Waals surface area contributed by atoms with Crippen molar-refractivity contribution in [3.63, 3.8) is 0 Å². The third-order valence-corrected chi connectivity index (χ3v) is 3.27. The van der Waals surface area contributed by atoms with Crippen LogP contribution in [0.15, 0.2) is 30.5 Å². The normalized spacial score (nSPS) is 12.3. The number of hydrogen-bond donors (Lipinski definition) is 2. The van der Waals surface area contributed by atoms with Gasteiger partial charge in [-0.2, -0.15) is 0 Å². The maximum atomic E-state index is 11.7. The first-order valence-electron chi connectivity index (χ1n) is 6.65. The molecule has 1 aromatic carbocycles. The molecule has 5 heteroatoms. The molecule has 1 amide bonds. The summed E-state index contributed by atoms with van der Waals surface area (Å²) < 4.78 is 2.15. The maximum Gasteiger partial charge on any atom is 0.315 e. The summed E-state index contributed by atoms with van der Waals surface area (Å²) >= 11 is 0. The lowest BCUT2D eigenvalue weighted by Gasteiger charge is -2.09. The third-order valence-electron chi connectivity index (χ3n) is 3.27. The molecule has 1 unspecified atom stereocenters. The fourth-order valence-electron chi connectivity index (χ4n) is 2.08. The second-order valence-electron chi connectivity index (χ2n) is 4.83. The van der Waals surface area contributed by atoms with Crippen LogP contribution >= 0.6 is 0 Å². The van der Waals surface area contributed by atoms with Crippen molar-refractivity contribution in [2.45, 2.75) is 26.8 Å². The smallest absolute Gasteiger partial charge is 0.315 e. The van der Waals surface area contributed by atoms with Crippen LogP contribution in [0.25, 0.3) is 10.9 Å². The number of aliphatic carboxylic acids is 1. The molecule has 0 saturated heterocycles. The first kappa shape index (κ1) is 14.1. The van der Waals surface area contributed by atoms with E-state index in [0.717, 1.165) is 23.9 Å². The number of amides is 1. The summed E-state index contributed by atoms with van der Waals surface area (Å²) in [6, 6.07) is 7.57. The standard InChI is InChI=1S/C15H18N2O3/c1-3-7-17-8-6-11-9-12(4-5-13(11)17)16-14(18)10(2)15(19)20/h4-6,8-10H,3,7H2,1-2H3,(H,16,18)(H,19,20). The number of benzene rings is 1. The van der Waals surface area contributed by atoms with Crippen LogP contribution < -0.4 is 5.32 Å². The molecular weight excluding hydrogens is 256 g/mol. The SMILES string of the molecule is CCCn1ccc2cc(NC(=O)C(C)C(=O)O)ccc21. The molecular formula is C15H18N2O3. The number of aromatic nitrogens is 1. The van der Waals surface area contributed by atoms with Gasteiger partial charge in [-0.05, 0) is 37.6 Å². The molecule has 106 valence electrons. The quantitative estimate of drug-likeness (QED) is 0.823. The highest BCUT2D eigenvalue weighted by molar-refractivity contribution is 6.04. The maximum absolute atomic E-state index is 11.7. The van der Waals surface area contributed by atoms with E-state index in [2.05, 4.69) is 16.8 Å². The zero-order valence-corrected chi connectivity index (χ0v) is 11.6. The van der Waals surface area contributed by atoms with Crippen LogP contribution in [0.4, 0.5) is 5.69 Å². The second-order valence-corrected chi connectivity index (χ2v) is 4.83. The zero-order valence-electron chi connectivity index (χ0n) is 11.6. The van der Waals surface area contributed by atoms with Crippen LogP contribution in [-0.2, 0) is 16.1 Å². The topological polar surface area (TPSA) is 71.3 Å². The lowest BCUT2D eigenvalue weighted by atomic mass is 10.1. The van der Waals surface area contributed by atoms with Crippen molar-refractivity contribution in [2.75, 3.05) is 5.32 Å². The van der Waals surface area contributed by atoms with Gasteiger partial charge >= 0.3 is 5.97 Å². The van der Waals surface area contributed by atoms with Crippen molar-refractivity contribution in [1.29, 1.82) is 0 Å². The van der Waals surface area contributed by atoms with Gasteiger partial charge in [0.1, 0.15) is 5.92 Å². The first-order valence-corrected chi connectivity index (χ1v) is 6.65. The molecule has 0 aliphatic heterocycles. The van der Waals surface area contributed by atoms with Crippen molar-refractivity contribution in [1.82, 2.24) is 4.57 Å².